The Morgan fingerprint density at radius 3 is 1.00 bits per heavy atom. The van der Waals surface area contributed by atoms with Gasteiger partial charge in [0, 0.05) is 0 Å². The van der Waals surface area contributed by atoms with Gasteiger partial charge in [0.1, 0.15) is 0 Å². The SMILES string of the molecule is Fc1cnc(F)c(F)c1OB(Oc1c(F)cnc(F)c1F)Oc1c(F)cnc(F)c1F. The van der Waals surface area contributed by atoms with Crippen LogP contribution in [0.4, 0.5) is 39.5 Å². The molecule has 0 aliphatic carbocycles. The first-order valence-corrected chi connectivity index (χ1v) is 7.58. The first-order chi connectivity index (χ1) is 14.6. The highest BCUT2D eigenvalue weighted by Crippen LogP contribution is 2.29. The molecule has 0 unspecified atom stereocenters. The van der Waals surface area contributed by atoms with Gasteiger partial charge in [-0.25, -0.2) is 28.1 Å². The maximum Gasteiger partial charge on any atom is 0.864 e. The Morgan fingerprint density at radius 1 is 0.484 bits per heavy atom. The van der Waals surface area contributed by atoms with Gasteiger partial charge >= 0.3 is 7.32 Å². The third-order valence-corrected chi connectivity index (χ3v) is 3.31. The van der Waals surface area contributed by atoms with E-state index in [0.717, 1.165) is 0 Å². The summed E-state index contributed by atoms with van der Waals surface area (Å²) in [5.74, 6) is -22.3. The molecule has 0 saturated carbocycles. The predicted molar refractivity (Wildman–Crippen MR) is 80.0 cm³/mol. The maximum atomic E-state index is 13.8. The van der Waals surface area contributed by atoms with Crippen LogP contribution in [0.2, 0.25) is 0 Å². The Bertz CT molecular complexity index is 1010. The minimum absolute atomic E-state index is 0.103. The minimum Gasteiger partial charge on any atom is -0.484 e. The van der Waals surface area contributed by atoms with E-state index in [9.17, 15) is 39.5 Å². The highest BCUT2D eigenvalue weighted by atomic mass is 19.2. The molecule has 6 nitrogen and oxygen atoms in total. The molecule has 0 atom stereocenters. The van der Waals surface area contributed by atoms with Crippen LogP contribution in [0.25, 0.3) is 0 Å². The van der Waals surface area contributed by atoms with E-state index >= 15 is 0 Å². The molecule has 3 heterocycles. The standard InChI is InChI=1S/C15H3BF9N3O3/c17-4-1-26-13(23)7(20)10(4)29-16(30-11-5(18)2-27-14(24)8(11)21)31-12-6(19)3-28-15(25)9(12)22/h1-3H. The van der Waals surface area contributed by atoms with Gasteiger partial charge in [-0.2, -0.15) is 26.3 Å². The van der Waals surface area contributed by atoms with Crippen LogP contribution in [0.3, 0.4) is 0 Å². The molecule has 3 rings (SSSR count). The first kappa shape index (κ1) is 22.0. The van der Waals surface area contributed by atoms with E-state index in [1.807, 2.05) is 0 Å². The van der Waals surface area contributed by atoms with Gasteiger partial charge in [0.2, 0.25) is 17.5 Å². The molecule has 0 fully saturated rings. The first-order valence-electron chi connectivity index (χ1n) is 7.58. The fourth-order valence-corrected chi connectivity index (χ4v) is 1.97. The van der Waals surface area contributed by atoms with Crippen LogP contribution in [0.1, 0.15) is 0 Å². The van der Waals surface area contributed by atoms with Crippen molar-refractivity contribution in [3.8, 4) is 17.2 Å². The van der Waals surface area contributed by atoms with E-state index in [-0.39, 0.29) is 18.6 Å². The van der Waals surface area contributed by atoms with Crippen molar-refractivity contribution in [1.82, 2.24) is 15.0 Å². The Kier molecular flexibility index (Phi) is 6.08. The number of pyridine rings is 3. The number of aromatic nitrogens is 3. The fourth-order valence-electron chi connectivity index (χ4n) is 1.97. The number of nitrogens with zero attached hydrogens (tertiary/aromatic N) is 3. The van der Waals surface area contributed by atoms with Gasteiger partial charge < -0.3 is 14.0 Å². The molecule has 0 amide bonds. The topological polar surface area (TPSA) is 66.4 Å². The quantitative estimate of drug-likeness (QED) is 0.322. The second-order valence-corrected chi connectivity index (χ2v) is 5.26. The summed E-state index contributed by atoms with van der Waals surface area (Å²) in [5.41, 5.74) is 0. The normalized spacial score (nSPS) is 10.7. The molecule has 0 aliphatic heterocycles. The summed E-state index contributed by atoms with van der Waals surface area (Å²) < 4.78 is 136. The van der Waals surface area contributed by atoms with Crippen LogP contribution in [-0.2, 0) is 0 Å². The molecule has 0 radical (unpaired) electrons. The number of halogens is 9. The highest BCUT2D eigenvalue weighted by Gasteiger charge is 2.38. The molecule has 0 N–H and O–H groups in total. The molecule has 3 aromatic rings. The Labute approximate surface area is 165 Å². The van der Waals surface area contributed by atoms with Gasteiger partial charge in [-0.3, -0.25) is 0 Å². The predicted octanol–water partition coefficient (Wildman–Crippen LogP) is 3.65. The summed E-state index contributed by atoms with van der Waals surface area (Å²) in [6.45, 7) is 0. The number of hydrogen-bond acceptors (Lipinski definition) is 6. The van der Waals surface area contributed by atoms with Gasteiger partial charge in [0.05, 0.1) is 18.6 Å². The average molecular weight is 455 g/mol. The highest BCUT2D eigenvalue weighted by molar-refractivity contribution is 6.39. The Hall–Kier alpha value is -3.72. The van der Waals surface area contributed by atoms with Crippen LogP contribution >= 0.6 is 0 Å². The van der Waals surface area contributed by atoms with Gasteiger partial charge in [-0.1, -0.05) is 0 Å². The van der Waals surface area contributed by atoms with Crippen LogP contribution in [0.15, 0.2) is 18.6 Å². The lowest BCUT2D eigenvalue weighted by Crippen LogP contribution is -2.39. The molecule has 0 bridgehead atoms. The van der Waals surface area contributed by atoms with Crippen molar-refractivity contribution in [1.29, 1.82) is 0 Å². The molecule has 3 aromatic heterocycles. The van der Waals surface area contributed by atoms with Crippen molar-refractivity contribution >= 4 is 7.32 Å². The second kappa shape index (κ2) is 8.57. The van der Waals surface area contributed by atoms with Crippen LogP contribution in [-0.4, -0.2) is 22.3 Å². The van der Waals surface area contributed by atoms with Crippen molar-refractivity contribution in [3.05, 3.63) is 71.3 Å². The molecule has 0 spiro atoms. The van der Waals surface area contributed by atoms with E-state index in [1.165, 1.54) is 0 Å². The van der Waals surface area contributed by atoms with E-state index < -0.39 is 77.3 Å². The van der Waals surface area contributed by atoms with Crippen molar-refractivity contribution < 1.29 is 53.5 Å². The van der Waals surface area contributed by atoms with E-state index in [4.69, 9.17) is 0 Å². The molecular weight excluding hydrogens is 452 g/mol. The second-order valence-electron chi connectivity index (χ2n) is 5.26. The van der Waals surface area contributed by atoms with Gasteiger partial charge in [-0.15, -0.1) is 0 Å². The largest absolute Gasteiger partial charge is 0.864 e. The fraction of sp³-hybridized carbons (Fsp3) is 0. The van der Waals surface area contributed by atoms with Crippen molar-refractivity contribution in [3.63, 3.8) is 0 Å². The number of hydrogen-bond donors (Lipinski definition) is 0. The van der Waals surface area contributed by atoms with Gasteiger partial charge in [-0.05, 0) is 0 Å². The van der Waals surface area contributed by atoms with Crippen molar-refractivity contribution in [2.75, 3.05) is 0 Å². The minimum atomic E-state index is -2.94. The Balaban J connectivity index is 2.06. The monoisotopic (exact) mass is 455 g/mol. The lowest BCUT2D eigenvalue weighted by molar-refractivity contribution is 0.259. The molecule has 0 saturated heterocycles. The average Bonchev–Trinajstić information content (AvgIpc) is 2.73. The Morgan fingerprint density at radius 2 is 0.742 bits per heavy atom. The zero-order chi connectivity index (χ0) is 22.9. The van der Waals surface area contributed by atoms with Crippen LogP contribution in [0.5, 0.6) is 17.2 Å². The summed E-state index contributed by atoms with van der Waals surface area (Å²) in [4.78, 5) is 7.98. The molecule has 0 aromatic carbocycles. The summed E-state index contributed by atoms with van der Waals surface area (Å²) in [5, 5.41) is 0. The van der Waals surface area contributed by atoms with Gasteiger partial charge in [0.25, 0.3) is 17.8 Å². The van der Waals surface area contributed by atoms with Gasteiger partial charge in [0.15, 0.2) is 34.7 Å². The van der Waals surface area contributed by atoms with Crippen molar-refractivity contribution in [2.45, 2.75) is 0 Å². The van der Waals surface area contributed by atoms with E-state index in [1.54, 1.807) is 0 Å². The summed E-state index contributed by atoms with van der Waals surface area (Å²) >= 11 is 0. The summed E-state index contributed by atoms with van der Waals surface area (Å²) in [6.07, 6.45) is 0.308. The smallest absolute Gasteiger partial charge is 0.484 e. The molecular formula is C15H3BF9N3O3. The number of rotatable bonds is 6. The van der Waals surface area contributed by atoms with Crippen LogP contribution in [0, 0.1) is 52.7 Å². The van der Waals surface area contributed by atoms with Crippen LogP contribution < -0.4 is 14.0 Å². The zero-order valence-electron chi connectivity index (χ0n) is 14.3. The lowest BCUT2D eigenvalue weighted by atomic mass is 10.2. The third kappa shape index (κ3) is 4.41. The lowest BCUT2D eigenvalue weighted by Gasteiger charge is -2.18. The zero-order valence-corrected chi connectivity index (χ0v) is 14.3. The molecule has 0 aliphatic rings. The van der Waals surface area contributed by atoms with Crippen molar-refractivity contribution in [2.24, 2.45) is 0 Å². The molecule has 162 valence electrons. The summed E-state index contributed by atoms with van der Waals surface area (Å²) in [6, 6.07) is 0. The summed E-state index contributed by atoms with van der Waals surface area (Å²) in [7, 11) is -2.94. The molecule has 16 heteroatoms. The van der Waals surface area contributed by atoms with E-state index in [0.29, 0.717) is 0 Å². The van der Waals surface area contributed by atoms with E-state index in [2.05, 4.69) is 28.9 Å². The third-order valence-electron chi connectivity index (χ3n) is 3.31. The molecule has 31 heavy (non-hydrogen) atoms. The maximum absolute atomic E-state index is 13.8.